The van der Waals surface area contributed by atoms with Gasteiger partial charge in [-0.2, -0.15) is 0 Å². The Labute approximate surface area is 167 Å². The van der Waals surface area contributed by atoms with E-state index in [9.17, 15) is 9.59 Å². The zero-order valence-corrected chi connectivity index (χ0v) is 15.8. The minimum Gasteiger partial charge on any atom is -0.360 e. The topological polar surface area (TPSA) is 71.0 Å². The number of hydrogen-bond donors (Lipinski definition) is 1. The molecule has 0 spiro atoms. The summed E-state index contributed by atoms with van der Waals surface area (Å²) in [6, 6.07) is 15.2. The fraction of sp³-hybridized carbons (Fsp3) is 0.174. The van der Waals surface area contributed by atoms with Crippen LogP contribution >= 0.6 is 0 Å². The highest BCUT2D eigenvalue weighted by Crippen LogP contribution is 2.27. The number of imidazole rings is 1. The van der Waals surface area contributed by atoms with Gasteiger partial charge in [0.2, 0.25) is 0 Å². The van der Waals surface area contributed by atoms with E-state index in [-0.39, 0.29) is 11.8 Å². The molecule has 0 aliphatic carbocycles. The predicted molar refractivity (Wildman–Crippen MR) is 111 cm³/mol. The van der Waals surface area contributed by atoms with Crippen molar-refractivity contribution in [3.8, 4) is 11.3 Å². The van der Waals surface area contributed by atoms with Gasteiger partial charge in [0, 0.05) is 41.9 Å². The molecule has 2 aromatic carbocycles. The third-order valence-corrected chi connectivity index (χ3v) is 5.42. The van der Waals surface area contributed by atoms with Gasteiger partial charge in [-0.25, -0.2) is 4.98 Å². The van der Waals surface area contributed by atoms with Crippen LogP contribution in [0.1, 0.15) is 33.6 Å². The fourth-order valence-electron chi connectivity index (χ4n) is 3.91. The second-order valence-electron chi connectivity index (χ2n) is 7.26. The van der Waals surface area contributed by atoms with Crippen LogP contribution in [0.2, 0.25) is 0 Å². The lowest BCUT2D eigenvalue weighted by atomic mass is 10.1. The molecule has 6 heteroatoms. The Hall–Kier alpha value is -3.67. The normalized spacial score (nSPS) is 13.4. The molecule has 0 fully saturated rings. The molecule has 144 valence electrons. The number of hydrogen-bond acceptors (Lipinski definition) is 3. The first-order valence-electron chi connectivity index (χ1n) is 9.76. The maximum absolute atomic E-state index is 12.4. The Balaban J connectivity index is 1.20. The highest BCUT2D eigenvalue weighted by molar-refractivity contribution is 6.21. The van der Waals surface area contributed by atoms with E-state index in [1.807, 2.05) is 30.9 Å². The maximum Gasteiger partial charge on any atom is 0.261 e. The number of carbonyl (C=O) groups is 2. The van der Waals surface area contributed by atoms with E-state index < -0.39 is 0 Å². The Kier molecular flexibility index (Phi) is 4.24. The van der Waals surface area contributed by atoms with Gasteiger partial charge in [-0.1, -0.05) is 30.3 Å². The molecule has 3 heterocycles. The first-order chi connectivity index (χ1) is 14.2. The fourth-order valence-corrected chi connectivity index (χ4v) is 3.91. The summed E-state index contributed by atoms with van der Waals surface area (Å²) in [7, 11) is 0. The first-order valence-corrected chi connectivity index (χ1v) is 9.76. The smallest absolute Gasteiger partial charge is 0.261 e. The summed E-state index contributed by atoms with van der Waals surface area (Å²) in [6.07, 6.45) is 7.47. The van der Waals surface area contributed by atoms with Gasteiger partial charge in [-0.3, -0.25) is 14.5 Å². The number of aromatic amines is 1. The molecule has 0 bridgehead atoms. The van der Waals surface area contributed by atoms with Crippen LogP contribution < -0.4 is 0 Å². The second kappa shape index (κ2) is 7.05. The van der Waals surface area contributed by atoms with E-state index in [0.717, 1.165) is 41.5 Å². The van der Waals surface area contributed by atoms with E-state index in [4.69, 9.17) is 0 Å². The number of nitrogens with zero attached hydrogens (tertiary/aromatic N) is 3. The number of aryl methyl sites for hydroxylation is 1. The second-order valence-corrected chi connectivity index (χ2v) is 7.26. The molecule has 2 amide bonds. The molecule has 6 nitrogen and oxygen atoms in total. The van der Waals surface area contributed by atoms with Crippen LogP contribution in [0.5, 0.6) is 0 Å². The van der Waals surface area contributed by atoms with Gasteiger partial charge in [-0.15, -0.1) is 0 Å². The largest absolute Gasteiger partial charge is 0.360 e. The van der Waals surface area contributed by atoms with Crippen LogP contribution in [0.3, 0.4) is 0 Å². The van der Waals surface area contributed by atoms with Crippen LogP contribution in [-0.4, -0.2) is 37.8 Å². The number of para-hydroxylation sites is 1. The van der Waals surface area contributed by atoms with E-state index in [1.165, 1.54) is 4.90 Å². The average Bonchev–Trinajstić information content (AvgIpc) is 3.44. The molecule has 0 saturated heterocycles. The van der Waals surface area contributed by atoms with Crippen molar-refractivity contribution in [3.05, 3.63) is 78.4 Å². The number of nitrogens with one attached hydrogen (secondary N) is 1. The number of benzene rings is 2. The number of carbonyl (C=O) groups excluding carboxylic acids is 2. The van der Waals surface area contributed by atoms with E-state index in [0.29, 0.717) is 17.7 Å². The van der Waals surface area contributed by atoms with Crippen LogP contribution in [0, 0.1) is 0 Å². The van der Waals surface area contributed by atoms with Crippen molar-refractivity contribution in [2.45, 2.75) is 19.4 Å². The standard InChI is InChI=1S/C23H20N4O2/c28-22-17-8-1-2-9-18(17)23(29)27(22)12-6-5-11-26-14-21(25-15-26)19-13-24-20-10-4-3-7-16(19)20/h1-4,7-10,13-15,24H,5-6,11-12H2. The SMILES string of the molecule is O=C1c2ccccc2C(=O)N1CCCCn1cnc(-c2c[nH]c3ccccc23)c1. The first kappa shape index (κ1) is 17.4. The molecule has 0 saturated carbocycles. The summed E-state index contributed by atoms with van der Waals surface area (Å²) in [4.78, 5) is 34.0. The van der Waals surface area contributed by atoms with Crippen molar-refractivity contribution >= 4 is 22.7 Å². The van der Waals surface area contributed by atoms with Crippen LogP contribution in [-0.2, 0) is 6.54 Å². The molecular formula is C23H20N4O2. The summed E-state index contributed by atoms with van der Waals surface area (Å²) in [5, 5.41) is 1.16. The van der Waals surface area contributed by atoms with E-state index >= 15 is 0 Å². The molecule has 5 rings (SSSR count). The molecular weight excluding hydrogens is 364 g/mol. The lowest BCUT2D eigenvalue weighted by Crippen LogP contribution is -2.30. The van der Waals surface area contributed by atoms with E-state index in [1.54, 1.807) is 24.3 Å². The summed E-state index contributed by atoms with van der Waals surface area (Å²) in [6.45, 7) is 1.23. The van der Waals surface area contributed by atoms with Crippen LogP contribution in [0.15, 0.2) is 67.3 Å². The quantitative estimate of drug-likeness (QED) is 0.402. The minimum atomic E-state index is -0.185. The number of imide groups is 1. The molecule has 2 aromatic heterocycles. The van der Waals surface area contributed by atoms with Gasteiger partial charge in [0.05, 0.1) is 23.1 Å². The summed E-state index contributed by atoms with van der Waals surface area (Å²) in [5.74, 6) is -0.371. The molecule has 1 aliphatic rings. The Bertz CT molecular complexity index is 1190. The molecule has 0 radical (unpaired) electrons. The third kappa shape index (κ3) is 3.02. The number of unbranched alkanes of at least 4 members (excludes halogenated alkanes) is 1. The van der Waals surface area contributed by atoms with Crippen molar-refractivity contribution in [2.24, 2.45) is 0 Å². The molecule has 1 N–H and O–H groups in total. The highest BCUT2D eigenvalue weighted by atomic mass is 16.2. The number of fused-ring (bicyclic) bond motifs is 2. The van der Waals surface area contributed by atoms with Gasteiger partial charge < -0.3 is 9.55 Å². The van der Waals surface area contributed by atoms with Crippen molar-refractivity contribution < 1.29 is 9.59 Å². The zero-order valence-electron chi connectivity index (χ0n) is 15.8. The third-order valence-electron chi connectivity index (χ3n) is 5.42. The lowest BCUT2D eigenvalue weighted by molar-refractivity contribution is 0.0651. The number of amides is 2. The molecule has 0 unspecified atom stereocenters. The number of rotatable bonds is 6. The molecule has 29 heavy (non-hydrogen) atoms. The summed E-state index contributed by atoms with van der Waals surface area (Å²) >= 11 is 0. The van der Waals surface area contributed by atoms with Gasteiger partial charge in [0.25, 0.3) is 11.8 Å². The van der Waals surface area contributed by atoms with Crippen LogP contribution in [0.4, 0.5) is 0 Å². The molecule has 1 aliphatic heterocycles. The monoisotopic (exact) mass is 384 g/mol. The van der Waals surface area contributed by atoms with Crippen LogP contribution in [0.25, 0.3) is 22.2 Å². The molecule has 4 aromatic rings. The minimum absolute atomic E-state index is 0.185. The highest BCUT2D eigenvalue weighted by Gasteiger charge is 2.34. The van der Waals surface area contributed by atoms with Crippen molar-refractivity contribution in [1.29, 1.82) is 0 Å². The van der Waals surface area contributed by atoms with Gasteiger partial charge >= 0.3 is 0 Å². The van der Waals surface area contributed by atoms with Crippen molar-refractivity contribution in [1.82, 2.24) is 19.4 Å². The predicted octanol–water partition coefficient (Wildman–Crippen LogP) is 4.11. The average molecular weight is 384 g/mol. The van der Waals surface area contributed by atoms with Crippen molar-refractivity contribution in [3.63, 3.8) is 0 Å². The van der Waals surface area contributed by atoms with E-state index in [2.05, 4.69) is 26.7 Å². The Morgan fingerprint density at radius 3 is 2.31 bits per heavy atom. The van der Waals surface area contributed by atoms with Gasteiger partial charge in [0.15, 0.2) is 0 Å². The summed E-state index contributed by atoms with van der Waals surface area (Å²) < 4.78 is 2.06. The number of aromatic nitrogens is 3. The molecule has 0 atom stereocenters. The Morgan fingerprint density at radius 1 is 0.828 bits per heavy atom. The lowest BCUT2D eigenvalue weighted by Gasteiger charge is -2.13. The maximum atomic E-state index is 12.4. The Morgan fingerprint density at radius 2 is 1.52 bits per heavy atom. The van der Waals surface area contributed by atoms with Gasteiger partial charge in [-0.05, 0) is 31.0 Å². The summed E-state index contributed by atoms with van der Waals surface area (Å²) in [5.41, 5.74) is 4.14. The number of H-pyrrole nitrogens is 1. The zero-order chi connectivity index (χ0) is 19.8. The van der Waals surface area contributed by atoms with Crippen molar-refractivity contribution in [2.75, 3.05) is 6.54 Å². The van der Waals surface area contributed by atoms with Gasteiger partial charge in [0.1, 0.15) is 0 Å².